The molecule has 15 nitrogen and oxygen atoms in total. The Bertz CT molecular complexity index is 1530. The lowest BCUT2D eigenvalue weighted by Crippen LogP contribution is -2.61. The van der Waals surface area contributed by atoms with Gasteiger partial charge in [0.05, 0.1) is 26.2 Å². The van der Waals surface area contributed by atoms with Crippen LogP contribution >= 0.6 is 0 Å². The van der Waals surface area contributed by atoms with Gasteiger partial charge in [-0.05, 0) is 64.2 Å². The number of rotatable bonds is 31. The van der Waals surface area contributed by atoms with Crippen LogP contribution in [0.25, 0.3) is 0 Å². The van der Waals surface area contributed by atoms with Gasteiger partial charge in [-0.2, -0.15) is 0 Å². The molecule has 2 heterocycles. The minimum Gasteiger partial charge on any atom is -0.462 e. The Hall–Kier alpha value is -3.84. The van der Waals surface area contributed by atoms with Crippen LogP contribution < -0.4 is 0 Å². The van der Waals surface area contributed by atoms with Gasteiger partial charge in [0.15, 0.2) is 18.7 Å². The quantitative estimate of drug-likeness (QED) is 0.0366. The molecule has 360 valence electrons. The highest BCUT2D eigenvalue weighted by molar-refractivity contribution is 5.71. The van der Waals surface area contributed by atoms with Gasteiger partial charge in [-0.15, -0.1) is 0 Å². The highest BCUT2D eigenvalue weighted by atomic mass is 16.7. The first kappa shape index (κ1) is 56.3. The van der Waals surface area contributed by atoms with E-state index in [9.17, 15) is 45.3 Å². The number of hydrogen-bond donors (Lipinski definition) is 7. The number of aliphatic hydroxyl groups is 7. The summed E-state index contributed by atoms with van der Waals surface area (Å²) in [5, 5.41) is 71.8. The molecule has 0 radical (unpaired) electrons. The van der Waals surface area contributed by atoms with Crippen molar-refractivity contribution in [3.8, 4) is 0 Å². The largest absolute Gasteiger partial charge is 0.462 e. The van der Waals surface area contributed by atoms with Gasteiger partial charge in [0.25, 0.3) is 0 Å². The van der Waals surface area contributed by atoms with E-state index < -0.39 is 99.3 Å². The van der Waals surface area contributed by atoms with Crippen LogP contribution in [0, 0.1) is 0 Å². The molecule has 11 atom stereocenters. The minimum atomic E-state index is -1.80. The van der Waals surface area contributed by atoms with Crippen molar-refractivity contribution in [3.05, 3.63) is 109 Å². The maximum Gasteiger partial charge on any atom is 0.310 e. The summed E-state index contributed by atoms with van der Waals surface area (Å²) in [5.41, 5.74) is 0. The fourth-order valence-corrected chi connectivity index (χ4v) is 6.13. The van der Waals surface area contributed by atoms with Gasteiger partial charge in [0, 0.05) is 6.42 Å². The summed E-state index contributed by atoms with van der Waals surface area (Å²) >= 11 is 0. The molecule has 2 rings (SSSR count). The number of carbonyl (C=O) groups excluding carboxylic acids is 2. The average molecular weight is 903 g/mol. The lowest BCUT2D eigenvalue weighted by Gasteiger charge is -2.42. The van der Waals surface area contributed by atoms with E-state index in [-0.39, 0.29) is 19.4 Å². The van der Waals surface area contributed by atoms with Crippen molar-refractivity contribution < 1.29 is 73.8 Å². The smallest absolute Gasteiger partial charge is 0.310 e. The summed E-state index contributed by atoms with van der Waals surface area (Å²) in [7, 11) is 0. The van der Waals surface area contributed by atoms with Crippen LogP contribution in [0.3, 0.4) is 0 Å². The SMILES string of the molecule is CC/C=C\C/C=C\C/C=C\C/C=C\C/C=C\CC(=O)OC(COC(=O)CC/C=C\C/C=C\C/C=C\C/C=C\CC)COC1OC(COC2OC(CO)C(O)C(O)C2O)C(O)C(O)C1O. The van der Waals surface area contributed by atoms with Crippen molar-refractivity contribution in [2.45, 2.75) is 158 Å². The molecule has 7 N–H and O–H groups in total. The minimum absolute atomic E-state index is 0.0699. The fourth-order valence-electron chi connectivity index (χ4n) is 6.13. The average Bonchev–Trinajstić information content (AvgIpc) is 3.29. The molecule has 0 amide bonds. The zero-order chi connectivity index (χ0) is 46.8. The van der Waals surface area contributed by atoms with E-state index in [1.807, 2.05) is 36.5 Å². The van der Waals surface area contributed by atoms with E-state index in [1.165, 1.54) is 0 Å². The Morgan fingerprint density at radius 2 is 0.922 bits per heavy atom. The lowest BCUT2D eigenvalue weighted by molar-refractivity contribution is -0.332. The molecule has 2 aliphatic rings. The molecule has 64 heavy (non-hydrogen) atoms. The van der Waals surface area contributed by atoms with Crippen LogP contribution in [0.4, 0.5) is 0 Å². The number of aliphatic hydroxyl groups excluding tert-OH is 7. The highest BCUT2D eigenvalue weighted by Gasteiger charge is 2.47. The van der Waals surface area contributed by atoms with E-state index in [4.69, 9.17) is 28.4 Å². The summed E-state index contributed by atoms with van der Waals surface area (Å²) in [6, 6.07) is 0. The summed E-state index contributed by atoms with van der Waals surface area (Å²) < 4.78 is 33.2. The van der Waals surface area contributed by atoms with Crippen molar-refractivity contribution in [3.63, 3.8) is 0 Å². The first-order valence-corrected chi connectivity index (χ1v) is 22.5. The Morgan fingerprint density at radius 3 is 1.41 bits per heavy atom. The molecule has 0 spiro atoms. The van der Waals surface area contributed by atoms with Gasteiger partial charge in [-0.1, -0.05) is 123 Å². The normalized spacial score (nSPS) is 27.6. The van der Waals surface area contributed by atoms with Gasteiger partial charge in [0.2, 0.25) is 0 Å². The van der Waals surface area contributed by atoms with Gasteiger partial charge in [0.1, 0.15) is 55.4 Å². The highest BCUT2D eigenvalue weighted by Crippen LogP contribution is 2.26. The zero-order valence-electron chi connectivity index (χ0n) is 37.5. The van der Waals surface area contributed by atoms with E-state index in [0.29, 0.717) is 19.3 Å². The molecule has 0 aromatic heterocycles. The van der Waals surface area contributed by atoms with Gasteiger partial charge in [-0.25, -0.2) is 0 Å². The Kier molecular flexibility index (Phi) is 31.2. The Balaban J connectivity index is 1.94. The van der Waals surface area contributed by atoms with Gasteiger partial charge >= 0.3 is 11.9 Å². The first-order chi connectivity index (χ1) is 31.0. The van der Waals surface area contributed by atoms with Crippen molar-refractivity contribution >= 4 is 11.9 Å². The Morgan fingerprint density at radius 1 is 0.500 bits per heavy atom. The van der Waals surface area contributed by atoms with Crippen LogP contribution in [-0.4, -0.2) is 142 Å². The molecule has 0 bridgehead atoms. The molecule has 0 aromatic carbocycles. The summed E-state index contributed by atoms with van der Waals surface area (Å²) in [6.07, 6.45) is 27.5. The summed E-state index contributed by atoms with van der Waals surface area (Å²) in [6.45, 7) is 2.12. The van der Waals surface area contributed by atoms with Crippen molar-refractivity contribution in [2.24, 2.45) is 0 Å². The molecule has 11 unspecified atom stereocenters. The second kappa shape index (κ2) is 35.4. The number of hydrogen-bond acceptors (Lipinski definition) is 15. The lowest BCUT2D eigenvalue weighted by atomic mass is 9.98. The topological polar surface area (TPSA) is 231 Å². The molecule has 15 heteroatoms. The standard InChI is InChI=1S/C49H74O15/c1-3-5-7-9-11-13-15-17-18-20-22-24-26-28-30-32-41(52)62-37(34-59-40(51)31-29-27-25-23-21-19-16-14-12-10-8-6-4-2)35-60-48-47(58)45(56)43(54)39(64-48)36-61-49-46(57)44(55)42(53)38(33-50)63-49/h5-8,11-14,17-19,21-22,24-25,27-28,30,37-39,42-50,53-58H,3-4,9-10,15-16,20,23,26,29,31-36H2,1-2H3/b7-5-,8-6-,13-11-,14-12-,18-17-,21-19-,24-22-,27-25-,30-28-. The van der Waals surface area contributed by atoms with Crippen molar-refractivity contribution in [2.75, 3.05) is 26.4 Å². The van der Waals surface area contributed by atoms with E-state index >= 15 is 0 Å². The molecular formula is C49H74O15. The van der Waals surface area contributed by atoms with Crippen LogP contribution in [-0.2, 0) is 38.0 Å². The molecule has 2 aliphatic heterocycles. The monoisotopic (exact) mass is 903 g/mol. The zero-order valence-corrected chi connectivity index (χ0v) is 37.5. The number of allylic oxidation sites excluding steroid dienone is 17. The number of ether oxygens (including phenoxy) is 6. The predicted octanol–water partition coefficient (Wildman–Crippen LogP) is 4.81. The second-order valence-corrected chi connectivity index (χ2v) is 15.1. The number of carbonyl (C=O) groups is 2. The van der Waals surface area contributed by atoms with Gasteiger partial charge in [-0.3, -0.25) is 9.59 Å². The van der Waals surface area contributed by atoms with Crippen LogP contribution in [0.15, 0.2) is 109 Å². The van der Waals surface area contributed by atoms with Crippen LogP contribution in [0.1, 0.15) is 90.9 Å². The maximum absolute atomic E-state index is 12.9. The van der Waals surface area contributed by atoms with Crippen LogP contribution in [0.2, 0.25) is 0 Å². The van der Waals surface area contributed by atoms with Gasteiger partial charge < -0.3 is 64.2 Å². The third-order valence-electron chi connectivity index (χ3n) is 9.79. The molecule has 0 aliphatic carbocycles. The third-order valence-corrected chi connectivity index (χ3v) is 9.79. The van der Waals surface area contributed by atoms with E-state index in [1.54, 1.807) is 6.08 Å². The van der Waals surface area contributed by atoms with E-state index in [0.717, 1.165) is 44.9 Å². The second-order valence-electron chi connectivity index (χ2n) is 15.1. The first-order valence-electron chi connectivity index (χ1n) is 22.5. The molecule has 0 aromatic rings. The maximum atomic E-state index is 12.9. The predicted molar refractivity (Wildman–Crippen MR) is 242 cm³/mol. The van der Waals surface area contributed by atoms with Crippen molar-refractivity contribution in [1.82, 2.24) is 0 Å². The van der Waals surface area contributed by atoms with E-state index in [2.05, 4.69) is 80.7 Å². The Labute approximate surface area is 379 Å². The molecule has 2 fully saturated rings. The fraction of sp³-hybridized carbons (Fsp3) is 0.592. The summed E-state index contributed by atoms with van der Waals surface area (Å²) in [4.78, 5) is 25.5. The molecular weight excluding hydrogens is 829 g/mol. The van der Waals surface area contributed by atoms with Crippen LogP contribution in [0.5, 0.6) is 0 Å². The molecule has 0 saturated carbocycles. The third kappa shape index (κ3) is 23.9. The van der Waals surface area contributed by atoms with Crippen molar-refractivity contribution in [1.29, 1.82) is 0 Å². The number of esters is 2. The summed E-state index contributed by atoms with van der Waals surface area (Å²) in [5.74, 6) is -1.18. The molecule has 2 saturated heterocycles.